The SMILES string of the molecule is Cc1cccc(NC(=O)C(=O)NCC(C)O)c1. The Balaban J connectivity index is 2.51. The Morgan fingerprint density at radius 1 is 1.35 bits per heavy atom. The first-order valence-corrected chi connectivity index (χ1v) is 5.33. The lowest BCUT2D eigenvalue weighted by atomic mass is 10.2. The van der Waals surface area contributed by atoms with Crippen LogP contribution in [-0.4, -0.2) is 29.6 Å². The van der Waals surface area contributed by atoms with Gasteiger partial charge in [0.1, 0.15) is 0 Å². The molecule has 0 aliphatic rings. The topological polar surface area (TPSA) is 78.4 Å². The van der Waals surface area contributed by atoms with Gasteiger partial charge in [-0.15, -0.1) is 0 Å². The van der Waals surface area contributed by atoms with Gasteiger partial charge in [0.25, 0.3) is 0 Å². The van der Waals surface area contributed by atoms with E-state index in [-0.39, 0.29) is 6.54 Å². The highest BCUT2D eigenvalue weighted by Gasteiger charge is 2.13. The van der Waals surface area contributed by atoms with Crippen molar-refractivity contribution in [1.82, 2.24) is 5.32 Å². The van der Waals surface area contributed by atoms with Gasteiger partial charge in [-0.1, -0.05) is 12.1 Å². The molecule has 2 amide bonds. The summed E-state index contributed by atoms with van der Waals surface area (Å²) in [4.78, 5) is 22.7. The zero-order valence-corrected chi connectivity index (χ0v) is 9.86. The zero-order valence-electron chi connectivity index (χ0n) is 9.86. The fourth-order valence-corrected chi connectivity index (χ4v) is 1.23. The lowest BCUT2D eigenvalue weighted by Gasteiger charge is -2.08. The molecule has 92 valence electrons. The number of hydrogen-bond donors (Lipinski definition) is 3. The average Bonchev–Trinajstić information content (AvgIpc) is 2.25. The molecule has 1 atom stereocenters. The van der Waals surface area contributed by atoms with Crippen LogP contribution in [0.3, 0.4) is 0 Å². The van der Waals surface area contributed by atoms with Crippen molar-refractivity contribution in [3.05, 3.63) is 29.8 Å². The summed E-state index contributed by atoms with van der Waals surface area (Å²) in [5.74, 6) is -1.50. The van der Waals surface area contributed by atoms with E-state index in [9.17, 15) is 9.59 Å². The number of carbonyl (C=O) groups excluding carboxylic acids is 2. The monoisotopic (exact) mass is 236 g/mol. The second-order valence-corrected chi connectivity index (χ2v) is 3.88. The van der Waals surface area contributed by atoms with Crippen LogP contribution in [0.5, 0.6) is 0 Å². The number of anilines is 1. The maximum Gasteiger partial charge on any atom is 0.313 e. The van der Waals surface area contributed by atoms with Crippen LogP contribution in [0.15, 0.2) is 24.3 Å². The van der Waals surface area contributed by atoms with Crippen molar-refractivity contribution in [3.63, 3.8) is 0 Å². The molecule has 0 spiro atoms. The molecule has 0 aliphatic carbocycles. The summed E-state index contributed by atoms with van der Waals surface area (Å²) in [7, 11) is 0. The van der Waals surface area contributed by atoms with E-state index < -0.39 is 17.9 Å². The van der Waals surface area contributed by atoms with Crippen LogP contribution in [0.2, 0.25) is 0 Å². The van der Waals surface area contributed by atoms with E-state index in [1.165, 1.54) is 6.92 Å². The molecule has 5 heteroatoms. The number of aliphatic hydroxyl groups excluding tert-OH is 1. The van der Waals surface area contributed by atoms with Crippen molar-refractivity contribution in [2.24, 2.45) is 0 Å². The fourth-order valence-electron chi connectivity index (χ4n) is 1.23. The summed E-state index contributed by atoms with van der Waals surface area (Å²) in [6.45, 7) is 3.47. The van der Waals surface area contributed by atoms with Gasteiger partial charge >= 0.3 is 11.8 Å². The first kappa shape index (κ1) is 13.2. The minimum Gasteiger partial charge on any atom is -0.392 e. The van der Waals surface area contributed by atoms with E-state index in [2.05, 4.69) is 10.6 Å². The number of benzene rings is 1. The van der Waals surface area contributed by atoms with Crippen LogP contribution in [0, 0.1) is 6.92 Å². The van der Waals surface area contributed by atoms with Crippen LogP contribution >= 0.6 is 0 Å². The Kier molecular flexibility index (Phi) is 4.66. The average molecular weight is 236 g/mol. The van der Waals surface area contributed by atoms with E-state index in [0.29, 0.717) is 5.69 Å². The van der Waals surface area contributed by atoms with Gasteiger partial charge in [0.2, 0.25) is 0 Å². The fraction of sp³-hybridized carbons (Fsp3) is 0.333. The Bertz CT molecular complexity index is 416. The van der Waals surface area contributed by atoms with Gasteiger partial charge in [0.05, 0.1) is 6.10 Å². The number of nitrogens with one attached hydrogen (secondary N) is 2. The number of rotatable bonds is 3. The predicted octanol–water partition coefficient (Wildman–Crippen LogP) is 0.431. The smallest absolute Gasteiger partial charge is 0.313 e. The van der Waals surface area contributed by atoms with Gasteiger partial charge in [-0.3, -0.25) is 9.59 Å². The van der Waals surface area contributed by atoms with Crippen molar-refractivity contribution >= 4 is 17.5 Å². The molecular weight excluding hydrogens is 220 g/mol. The quantitative estimate of drug-likeness (QED) is 0.666. The number of amides is 2. The van der Waals surface area contributed by atoms with E-state index in [4.69, 9.17) is 5.11 Å². The summed E-state index contributed by atoms with van der Waals surface area (Å²) < 4.78 is 0. The van der Waals surface area contributed by atoms with Crippen molar-refractivity contribution < 1.29 is 14.7 Å². The molecule has 0 bridgehead atoms. The van der Waals surface area contributed by atoms with Crippen molar-refractivity contribution in [3.8, 4) is 0 Å². The van der Waals surface area contributed by atoms with Crippen LogP contribution in [0.25, 0.3) is 0 Å². The molecule has 0 heterocycles. The summed E-state index contributed by atoms with van der Waals surface area (Å²) in [6.07, 6.45) is -0.675. The summed E-state index contributed by atoms with van der Waals surface area (Å²) >= 11 is 0. The molecule has 1 aromatic rings. The Morgan fingerprint density at radius 3 is 2.65 bits per heavy atom. The lowest BCUT2D eigenvalue weighted by molar-refractivity contribution is -0.136. The van der Waals surface area contributed by atoms with Crippen LogP contribution < -0.4 is 10.6 Å². The summed E-state index contributed by atoms with van der Waals surface area (Å²) in [5.41, 5.74) is 1.56. The van der Waals surface area contributed by atoms with Gasteiger partial charge in [-0.25, -0.2) is 0 Å². The number of hydrogen-bond acceptors (Lipinski definition) is 3. The van der Waals surface area contributed by atoms with E-state index in [1.54, 1.807) is 18.2 Å². The third-order valence-corrected chi connectivity index (χ3v) is 2.04. The molecular formula is C12H16N2O3. The molecule has 0 radical (unpaired) electrons. The molecule has 3 N–H and O–H groups in total. The molecule has 1 rings (SSSR count). The highest BCUT2D eigenvalue weighted by atomic mass is 16.3. The highest BCUT2D eigenvalue weighted by Crippen LogP contribution is 2.08. The van der Waals surface area contributed by atoms with Crippen molar-refractivity contribution in [2.45, 2.75) is 20.0 Å². The largest absolute Gasteiger partial charge is 0.392 e. The third-order valence-electron chi connectivity index (χ3n) is 2.04. The van der Waals surface area contributed by atoms with Gasteiger partial charge in [0, 0.05) is 12.2 Å². The second kappa shape index (κ2) is 6.00. The number of carbonyl (C=O) groups is 2. The summed E-state index contributed by atoms with van der Waals surface area (Å²) in [5, 5.41) is 13.8. The Hall–Kier alpha value is -1.88. The first-order chi connectivity index (χ1) is 7.99. The number of aliphatic hydroxyl groups is 1. The molecule has 5 nitrogen and oxygen atoms in total. The third kappa shape index (κ3) is 4.65. The van der Waals surface area contributed by atoms with E-state index in [0.717, 1.165) is 5.56 Å². The molecule has 0 fully saturated rings. The Labute approximate surface area is 99.8 Å². The molecule has 0 saturated heterocycles. The van der Waals surface area contributed by atoms with Crippen LogP contribution in [0.4, 0.5) is 5.69 Å². The first-order valence-electron chi connectivity index (χ1n) is 5.33. The minimum absolute atomic E-state index is 0.0556. The van der Waals surface area contributed by atoms with E-state index >= 15 is 0 Å². The second-order valence-electron chi connectivity index (χ2n) is 3.88. The maximum atomic E-state index is 11.4. The molecule has 0 aliphatic heterocycles. The van der Waals surface area contributed by atoms with Crippen LogP contribution in [-0.2, 0) is 9.59 Å². The highest BCUT2D eigenvalue weighted by molar-refractivity contribution is 6.39. The zero-order chi connectivity index (χ0) is 12.8. The standard InChI is InChI=1S/C12H16N2O3/c1-8-4-3-5-10(6-8)14-12(17)11(16)13-7-9(2)15/h3-6,9,15H,7H2,1-2H3,(H,13,16)(H,14,17). The van der Waals surface area contributed by atoms with Crippen LogP contribution in [0.1, 0.15) is 12.5 Å². The predicted molar refractivity (Wildman–Crippen MR) is 64.5 cm³/mol. The Morgan fingerprint density at radius 2 is 2.06 bits per heavy atom. The minimum atomic E-state index is -0.757. The van der Waals surface area contributed by atoms with Crippen molar-refractivity contribution in [2.75, 3.05) is 11.9 Å². The molecule has 17 heavy (non-hydrogen) atoms. The van der Waals surface area contributed by atoms with E-state index in [1.807, 2.05) is 13.0 Å². The van der Waals surface area contributed by atoms with Gasteiger partial charge < -0.3 is 15.7 Å². The molecule has 0 saturated carbocycles. The van der Waals surface area contributed by atoms with Crippen molar-refractivity contribution in [1.29, 1.82) is 0 Å². The maximum absolute atomic E-state index is 11.4. The van der Waals surface area contributed by atoms with Gasteiger partial charge in [-0.2, -0.15) is 0 Å². The molecule has 1 aromatic carbocycles. The summed E-state index contributed by atoms with van der Waals surface area (Å²) in [6, 6.07) is 7.15. The van der Waals surface area contributed by atoms with Gasteiger partial charge in [-0.05, 0) is 31.5 Å². The number of aryl methyl sites for hydroxylation is 1. The molecule has 1 unspecified atom stereocenters. The van der Waals surface area contributed by atoms with Gasteiger partial charge in [0.15, 0.2) is 0 Å². The normalized spacial score (nSPS) is 11.7. The molecule has 0 aromatic heterocycles. The lowest BCUT2D eigenvalue weighted by Crippen LogP contribution is -2.38.